The number of carbonyl (C=O) groups is 1. The number of aromatic nitrogens is 1. The average Bonchev–Trinajstić information content (AvgIpc) is 2.34. The molecule has 0 aliphatic heterocycles. The van der Waals surface area contributed by atoms with Gasteiger partial charge in [0, 0.05) is 0 Å². The molecule has 2 rings (SSSR count). The Kier molecular flexibility index (Phi) is 3.66. The Hall–Kier alpha value is -1.83. The van der Waals surface area contributed by atoms with Crippen molar-refractivity contribution in [2.75, 3.05) is 5.73 Å². The Labute approximate surface area is 117 Å². The minimum absolute atomic E-state index is 0.116. The number of hydrogen-bond donors (Lipinski definition) is 2. The van der Waals surface area contributed by atoms with Crippen LogP contribution in [0.2, 0.25) is 0 Å². The number of rotatable bonds is 3. The van der Waals surface area contributed by atoms with E-state index in [1.807, 2.05) is 18.2 Å². The number of pyridine rings is 1. The van der Waals surface area contributed by atoms with Gasteiger partial charge in [0.1, 0.15) is 11.4 Å². The average molecular weight is 355 g/mol. The zero-order valence-electron chi connectivity index (χ0n) is 9.26. The molecule has 0 unspecified atom stereocenters. The van der Waals surface area contributed by atoms with Gasteiger partial charge < -0.3 is 16.2 Å². The van der Waals surface area contributed by atoms with Crippen LogP contribution >= 0.6 is 22.6 Å². The molecule has 0 atom stereocenters. The van der Waals surface area contributed by atoms with Gasteiger partial charge in [-0.25, -0.2) is 4.98 Å². The quantitative estimate of drug-likeness (QED) is 0.826. The van der Waals surface area contributed by atoms with Crippen LogP contribution in [0.1, 0.15) is 10.5 Å². The molecule has 0 bridgehead atoms. The summed E-state index contributed by atoms with van der Waals surface area (Å²) >= 11 is 2.14. The number of anilines is 1. The molecular formula is C12H10IN3O2. The highest BCUT2D eigenvalue weighted by Crippen LogP contribution is 2.28. The lowest BCUT2D eigenvalue weighted by Crippen LogP contribution is -2.13. The molecule has 2 aromatic rings. The maximum absolute atomic E-state index is 11.0. The van der Waals surface area contributed by atoms with Gasteiger partial charge in [-0.1, -0.05) is 12.1 Å². The summed E-state index contributed by atoms with van der Waals surface area (Å²) in [6.07, 6.45) is 0. The van der Waals surface area contributed by atoms with Gasteiger partial charge in [0.15, 0.2) is 0 Å². The molecule has 1 aromatic carbocycles. The second-order valence-corrected chi connectivity index (χ2v) is 4.65. The van der Waals surface area contributed by atoms with Gasteiger partial charge in [-0.15, -0.1) is 0 Å². The first-order valence-corrected chi connectivity index (χ1v) is 6.14. The molecule has 0 spiro atoms. The first-order valence-electron chi connectivity index (χ1n) is 5.06. The van der Waals surface area contributed by atoms with E-state index in [4.69, 9.17) is 16.2 Å². The normalized spacial score (nSPS) is 10.1. The van der Waals surface area contributed by atoms with Crippen molar-refractivity contribution in [3.63, 3.8) is 0 Å². The van der Waals surface area contributed by atoms with Gasteiger partial charge in [0.25, 0.3) is 5.91 Å². The number of amides is 1. The number of ether oxygens (including phenoxy) is 1. The Bertz CT molecular complexity index is 602. The molecule has 0 saturated carbocycles. The summed E-state index contributed by atoms with van der Waals surface area (Å²) in [7, 11) is 0. The van der Waals surface area contributed by atoms with E-state index in [1.165, 1.54) is 12.1 Å². The third-order valence-corrected chi connectivity index (χ3v) is 3.08. The van der Waals surface area contributed by atoms with Crippen molar-refractivity contribution >= 4 is 34.2 Å². The van der Waals surface area contributed by atoms with E-state index in [-0.39, 0.29) is 11.6 Å². The highest BCUT2D eigenvalue weighted by molar-refractivity contribution is 14.1. The maximum atomic E-state index is 11.0. The second kappa shape index (κ2) is 5.21. The first kappa shape index (κ1) is 12.6. The number of carbonyl (C=O) groups excluding carboxylic acids is 1. The third-order valence-electron chi connectivity index (χ3n) is 2.19. The molecule has 18 heavy (non-hydrogen) atoms. The van der Waals surface area contributed by atoms with Gasteiger partial charge in [-0.2, -0.15) is 0 Å². The molecule has 6 heteroatoms. The van der Waals surface area contributed by atoms with Gasteiger partial charge in [-0.05, 0) is 46.9 Å². The van der Waals surface area contributed by atoms with E-state index in [1.54, 1.807) is 6.07 Å². The number of nitrogens with two attached hydrogens (primary N) is 2. The molecule has 0 aliphatic carbocycles. The van der Waals surface area contributed by atoms with Crippen LogP contribution in [0.5, 0.6) is 11.6 Å². The predicted octanol–water partition coefficient (Wildman–Crippen LogP) is 2.16. The van der Waals surface area contributed by atoms with Crippen molar-refractivity contribution in [1.29, 1.82) is 0 Å². The van der Waals surface area contributed by atoms with E-state index in [2.05, 4.69) is 27.6 Å². The number of primary amides is 1. The number of nitrogen functional groups attached to an aromatic ring is 1. The van der Waals surface area contributed by atoms with Crippen molar-refractivity contribution in [2.45, 2.75) is 0 Å². The van der Waals surface area contributed by atoms with E-state index in [9.17, 15) is 4.79 Å². The van der Waals surface area contributed by atoms with Crippen LogP contribution in [-0.4, -0.2) is 10.9 Å². The summed E-state index contributed by atoms with van der Waals surface area (Å²) < 4.78 is 6.50. The lowest BCUT2D eigenvalue weighted by molar-refractivity contribution is 0.0995. The van der Waals surface area contributed by atoms with Crippen LogP contribution in [0.25, 0.3) is 0 Å². The topological polar surface area (TPSA) is 91.2 Å². The molecule has 1 amide bonds. The molecule has 0 saturated heterocycles. The highest BCUT2D eigenvalue weighted by atomic mass is 127. The van der Waals surface area contributed by atoms with Crippen molar-refractivity contribution in [3.05, 3.63) is 45.7 Å². The summed E-state index contributed by atoms with van der Waals surface area (Å²) in [5.74, 6) is 0.178. The molecule has 92 valence electrons. The molecule has 5 nitrogen and oxygen atoms in total. The van der Waals surface area contributed by atoms with Crippen molar-refractivity contribution in [3.8, 4) is 11.6 Å². The summed E-state index contributed by atoms with van der Waals surface area (Å²) in [5.41, 5.74) is 11.4. The van der Waals surface area contributed by atoms with Gasteiger partial charge in [0.05, 0.1) is 9.26 Å². The Morgan fingerprint density at radius 1 is 1.22 bits per heavy atom. The van der Waals surface area contributed by atoms with E-state index < -0.39 is 5.91 Å². The standard InChI is InChI=1S/C12H10IN3O2/c13-7-3-1-2-4-10(7)18-12-8(14)5-6-9(16-12)11(15)17/h1-6H,14H2,(H2,15,17). The predicted molar refractivity (Wildman–Crippen MR) is 76.4 cm³/mol. The monoisotopic (exact) mass is 355 g/mol. The fourth-order valence-electron chi connectivity index (χ4n) is 1.30. The number of para-hydroxylation sites is 1. The van der Waals surface area contributed by atoms with Gasteiger partial charge in [0.2, 0.25) is 5.88 Å². The molecular weight excluding hydrogens is 345 g/mol. The Morgan fingerprint density at radius 2 is 1.94 bits per heavy atom. The zero-order valence-corrected chi connectivity index (χ0v) is 11.4. The van der Waals surface area contributed by atoms with Crippen molar-refractivity contribution in [1.82, 2.24) is 4.98 Å². The minimum Gasteiger partial charge on any atom is -0.436 e. The lowest BCUT2D eigenvalue weighted by atomic mass is 10.3. The van der Waals surface area contributed by atoms with Crippen molar-refractivity contribution < 1.29 is 9.53 Å². The first-order chi connectivity index (χ1) is 8.58. The van der Waals surface area contributed by atoms with Crippen LogP contribution in [-0.2, 0) is 0 Å². The molecule has 0 radical (unpaired) electrons. The van der Waals surface area contributed by atoms with E-state index in [0.717, 1.165) is 3.57 Å². The second-order valence-electron chi connectivity index (χ2n) is 3.49. The maximum Gasteiger partial charge on any atom is 0.267 e. The summed E-state index contributed by atoms with van der Waals surface area (Å²) in [4.78, 5) is 15.0. The van der Waals surface area contributed by atoms with E-state index in [0.29, 0.717) is 11.4 Å². The minimum atomic E-state index is -0.623. The molecule has 0 aliphatic rings. The smallest absolute Gasteiger partial charge is 0.267 e. The summed E-state index contributed by atoms with van der Waals surface area (Å²) in [6, 6.07) is 10.4. The molecule has 0 fully saturated rings. The van der Waals surface area contributed by atoms with Crippen LogP contribution in [0.15, 0.2) is 36.4 Å². The highest BCUT2D eigenvalue weighted by Gasteiger charge is 2.10. The summed E-state index contributed by atoms with van der Waals surface area (Å²) in [5, 5.41) is 0. The Morgan fingerprint density at radius 3 is 2.61 bits per heavy atom. The number of benzene rings is 1. The largest absolute Gasteiger partial charge is 0.436 e. The van der Waals surface area contributed by atoms with Crippen LogP contribution in [0, 0.1) is 3.57 Å². The molecule has 1 aromatic heterocycles. The number of nitrogens with zero attached hydrogens (tertiary/aromatic N) is 1. The number of halogens is 1. The fourth-order valence-corrected chi connectivity index (χ4v) is 1.80. The fraction of sp³-hybridized carbons (Fsp3) is 0. The number of hydrogen-bond acceptors (Lipinski definition) is 4. The third kappa shape index (κ3) is 2.70. The van der Waals surface area contributed by atoms with Crippen LogP contribution in [0.3, 0.4) is 0 Å². The zero-order chi connectivity index (χ0) is 13.1. The van der Waals surface area contributed by atoms with Crippen molar-refractivity contribution in [2.24, 2.45) is 5.73 Å². The lowest BCUT2D eigenvalue weighted by Gasteiger charge is -2.09. The van der Waals surface area contributed by atoms with E-state index >= 15 is 0 Å². The SMILES string of the molecule is NC(=O)c1ccc(N)c(Oc2ccccc2I)n1. The van der Waals surface area contributed by atoms with Crippen LogP contribution in [0.4, 0.5) is 5.69 Å². The molecule has 4 N–H and O–H groups in total. The van der Waals surface area contributed by atoms with Gasteiger partial charge in [-0.3, -0.25) is 4.79 Å². The molecule has 1 heterocycles. The van der Waals surface area contributed by atoms with Crippen LogP contribution < -0.4 is 16.2 Å². The van der Waals surface area contributed by atoms with Gasteiger partial charge >= 0.3 is 0 Å². The summed E-state index contributed by atoms with van der Waals surface area (Å²) in [6.45, 7) is 0. The Balaban J connectivity index is 2.37.